The summed E-state index contributed by atoms with van der Waals surface area (Å²) in [4.78, 5) is 43.4. The first-order valence-corrected chi connectivity index (χ1v) is 15.2. The molecule has 9 nitrogen and oxygen atoms in total. The van der Waals surface area contributed by atoms with Crippen molar-refractivity contribution >= 4 is 45.7 Å². The normalized spacial score (nSPS) is 11.1. The highest BCUT2D eigenvalue weighted by Gasteiger charge is 2.25. The summed E-state index contributed by atoms with van der Waals surface area (Å²) in [5.74, 6) is -1.59. The third-order valence-corrected chi connectivity index (χ3v) is 8.62. The van der Waals surface area contributed by atoms with Gasteiger partial charge >= 0.3 is 11.7 Å². The maximum absolute atomic E-state index is 14.9. The van der Waals surface area contributed by atoms with E-state index in [1.807, 2.05) is 31.0 Å². The second-order valence-electron chi connectivity index (χ2n) is 10.4. The van der Waals surface area contributed by atoms with Crippen molar-refractivity contribution in [1.82, 2.24) is 19.4 Å². The number of anilines is 1. The molecule has 46 heavy (non-hydrogen) atoms. The van der Waals surface area contributed by atoms with E-state index in [4.69, 9.17) is 4.74 Å². The molecule has 5 rings (SSSR count). The van der Waals surface area contributed by atoms with Gasteiger partial charge in [0.2, 0.25) is 0 Å². The summed E-state index contributed by atoms with van der Waals surface area (Å²) in [6.07, 6.45) is 0. The summed E-state index contributed by atoms with van der Waals surface area (Å²) in [7, 11) is 3.50. The zero-order valence-corrected chi connectivity index (χ0v) is 27.1. The molecule has 0 aliphatic heterocycles. The van der Waals surface area contributed by atoms with Gasteiger partial charge in [0.15, 0.2) is 0 Å². The molecule has 2 N–H and O–H groups in total. The maximum atomic E-state index is 14.9. The number of urea groups is 1. The number of para-hydroxylation sites is 1. The van der Waals surface area contributed by atoms with Gasteiger partial charge < -0.3 is 15.4 Å². The van der Waals surface area contributed by atoms with Gasteiger partial charge in [-0.2, -0.15) is 0 Å². The van der Waals surface area contributed by atoms with Crippen molar-refractivity contribution in [3.05, 3.63) is 116 Å². The van der Waals surface area contributed by atoms with Crippen LogP contribution < -0.4 is 21.9 Å². The fourth-order valence-corrected chi connectivity index (χ4v) is 6.38. The van der Waals surface area contributed by atoms with Crippen LogP contribution in [0.3, 0.4) is 0 Å². The van der Waals surface area contributed by atoms with Crippen molar-refractivity contribution < 1.29 is 18.3 Å². The molecule has 0 unspecified atom stereocenters. The van der Waals surface area contributed by atoms with Crippen LogP contribution >= 0.6 is 23.7 Å². The fourth-order valence-electron chi connectivity index (χ4n) is 5.08. The predicted molar refractivity (Wildman–Crippen MR) is 181 cm³/mol. The molecule has 0 saturated carbocycles. The summed E-state index contributed by atoms with van der Waals surface area (Å²) < 4.78 is 37.4. The molecule has 2 heterocycles. The molecule has 242 valence electrons. The number of benzene rings is 3. The number of thiophene rings is 1. The summed E-state index contributed by atoms with van der Waals surface area (Å²) in [6.45, 7) is 3.23. The first kappa shape index (κ1) is 34.5. The van der Waals surface area contributed by atoms with E-state index in [2.05, 4.69) is 10.6 Å². The van der Waals surface area contributed by atoms with E-state index >= 15 is 0 Å². The van der Waals surface area contributed by atoms with Crippen LogP contribution in [-0.4, -0.2) is 53.9 Å². The second-order valence-corrected chi connectivity index (χ2v) is 11.4. The maximum Gasteiger partial charge on any atom is 0.337 e. The van der Waals surface area contributed by atoms with Crippen molar-refractivity contribution in [1.29, 1.82) is 0 Å². The monoisotopic (exact) mass is 669 g/mol. The number of fused-ring (bicyclic) bond motifs is 1. The summed E-state index contributed by atoms with van der Waals surface area (Å²) in [5, 5.41) is 5.73. The van der Waals surface area contributed by atoms with Crippen molar-refractivity contribution in [2.24, 2.45) is 0 Å². The molecule has 5 aromatic rings. The smallest absolute Gasteiger partial charge is 0.337 e. The average Bonchev–Trinajstić information content (AvgIpc) is 3.39. The van der Waals surface area contributed by atoms with E-state index in [1.165, 1.54) is 22.0 Å². The second kappa shape index (κ2) is 15.3. The van der Waals surface area contributed by atoms with Gasteiger partial charge in [-0.25, -0.2) is 22.9 Å². The van der Waals surface area contributed by atoms with Gasteiger partial charge in [-0.1, -0.05) is 36.4 Å². The lowest BCUT2D eigenvalue weighted by molar-refractivity contribution is 0.159. The van der Waals surface area contributed by atoms with E-state index in [0.717, 1.165) is 22.3 Å². The highest BCUT2D eigenvalue weighted by atomic mass is 35.5. The van der Waals surface area contributed by atoms with E-state index in [-0.39, 0.29) is 29.4 Å². The molecule has 0 atom stereocenters. The van der Waals surface area contributed by atoms with Gasteiger partial charge in [-0.3, -0.25) is 14.3 Å². The number of nitrogens with one attached hydrogen (secondary N) is 2. The molecule has 0 aliphatic rings. The number of rotatable bonds is 11. The number of hydrogen-bond acceptors (Lipinski definition) is 6. The number of methoxy groups -OCH3 is 1. The largest absolute Gasteiger partial charge is 0.383 e. The van der Waals surface area contributed by atoms with Crippen LogP contribution in [0.25, 0.3) is 26.3 Å². The van der Waals surface area contributed by atoms with Gasteiger partial charge in [0.1, 0.15) is 16.5 Å². The zero-order chi connectivity index (χ0) is 32.1. The van der Waals surface area contributed by atoms with E-state index in [1.54, 1.807) is 49.6 Å². The van der Waals surface area contributed by atoms with E-state index < -0.39 is 29.4 Å². The number of halogens is 3. The number of aromatic nitrogens is 2. The minimum absolute atomic E-state index is 0. The molecule has 0 spiro atoms. The molecule has 0 saturated heterocycles. The Morgan fingerprint density at radius 2 is 1.63 bits per heavy atom. The van der Waals surface area contributed by atoms with Crippen molar-refractivity contribution in [3.63, 3.8) is 0 Å². The first-order valence-electron chi connectivity index (χ1n) is 14.4. The minimum atomic E-state index is -0.793. The summed E-state index contributed by atoms with van der Waals surface area (Å²) >= 11 is 1.21. The van der Waals surface area contributed by atoms with Gasteiger partial charge in [0.25, 0.3) is 5.56 Å². The van der Waals surface area contributed by atoms with Crippen molar-refractivity contribution in [3.8, 4) is 16.1 Å². The summed E-state index contributed by atoms with van der Waals surface area (Å²) in [5.41, 5.74) is 0.791. The van der Waals surface area contributed by atoms with Crippen LogP contribution in [-0.2, 0) is 17.8 Å². The third kappa shape index (κ3) is 7.20. The Morgan fingerprint density at radius 1 is 0.957 bits per heavy atom. The third-order valence-electron chi connectivity index (χ3n) is 7.31. The molecule has 0 radical (unpaired) electrons. The summed E-state index contributed by atoms with van der Waals surface area (Å²) in [6, 6.07) is 18.8. The molecule has 2 aromatic heterocycles. The Morgan fingerprint density at radius 3 is 2.26 bits per heavy atom. The minimum Gasteiger partial charge on any atom is -0.383 e. The van der Waals surface area contributed by atoms with Crippen LogP contribution in [0.15, 0.2) is 82.4 Å². The Hall–Kier alpha value is -4.36. The molecular weight excluding hydrogens is 636 g/mol. The number of hydrogen-bond donors (Lipinski definition) is 2. The highest BCUT2D eigenvalue weighted by Crippen LogP contribution is 2.38. The lowest BCUT2D eigenvalue weighted by atomic mass is 10.1. The van der Waals surface area contributed by atoms with Gasteiger partial charge in [-0.15, -0.1) is 23.7 Å². The topological polar surface area (TPSA) is 97.6 Å². The highest BCUT2D eigenvalue weighted by molar-refractivity contribution is 7.22. The number of likely N-dealkylation sites (N-methyl/N-ethyl adjacent to an activating group) is 1. The van der Waals surface area contributed by atoms with Gasteiger partial charge in [-0.05, 0) is 61.5 Å². The van der Waals surface area contributed by atoms with Gasteiger partial charge in [0.05, 0.1) is 24.2 Å². The Kier molecular flexibility index (Phi) is 11.5. The lowest BCUT2D eigenvalue weighted by Gasteiger charge is -2.18. The Labute approximate surface area is 274 Å². The zero-order valence-electron chi connectivity index (χ0n) is 25.5. The van der Waals surface area contributed by atoms with Gasteiger partial charge in [0, 0.05) is 42.9 Å². The Balaban J connectivity index is 0.00000480. The van der Waals surface area contributed by atoms with Crippen molar-refractivity contribution in [2.45, 2.75) is 20.0 Å². The predicted octanol–water partition coefficient (Wildman–Crippen LogP) is 5.85. The molecular formula is C33H34ClF2N5O4S. The van der Waals surface area contributed by atoms with Crippen LogP contribution in [0.1, 0.15) is 18.1 Å². The van der Waals surface area contributed by atoms with Crippen LogP contribution in [0, 0.1) is 11.6 Å². The quantitative estimate of drug-likeness (QED) is 0.184. The van der Waals surface area contributed by atoms with Crippen LogP contribution in [0.2, 0.25) is 0 Å². The molecule has 0 bridgehead atoms. The fraction of sp³-hybridized carbons (Fsp3) is 0.242. The average molecular weight is 670 g/mol. The molecule has 13 heteroatoms. The number of nitrogens with zero attached hydrogens (tertiary/aromatic N) is 3. The molecule has 3 aromatic carbocycles. The van der Waals surface area contributed by atoms with E-state index in [0.29, 0.717) is 52.9 Å². The Bertz CT molecular complexity index is 1920. The van der Waals surface area contributed by atoms with Crippen LogP contribution in [0.4, 0.5) is 19.3 Å². The number of carbonyl (C=O) groups excluding carboxylic acids is 1. The molecule has 2 amide bonds. The first-order chi connectivity index (χ1) is 21.7. The van der Waals surface area contributed by atoms with Crippen LogP contribution in [0.5, 0.6) is 0 Å². The molecule has 0 fully saturated rings. The number of carbonyl (C=O) groups is 1. The van der Waals surface area contributed by atoms with E-state index in [9.17, 15) is 23.2 Å². The standard InChI is InChI=1S/C33H33F2N5O4S.ClH/c1-4-36-32(42)37-22-15-13-21(14-16-22)29-25(19-38(2)17-18-44-3)28-30(41)40(23-9-6-5-7-10-23)33(43)39(31(28)45-29)20-24-26(34)11-8-12-27(24)35;/h5-16H,4,17-20H2,1-3H3,(H2,36,37,42);1H. The SMILES string of the molecule is CCNC(=O)Nc1ccc(-c2sc3c(c2CN(C)CCOC)c(=O)n(-c2ccccc2)c(=O)n3Cc2c(F)cccc2F)cc1.Cl. The number of amides is 2. The molecule has 0 aliphatic carbocycles. The lowest BCUT2D eigenvalue weighted by Crippen LogP contribution is -2.39. The number of ether oxygens (including phenoxy) is 1. The van der Waals surface area contributed by atoms with Crippen molar-refractivity contribution in [2.75, 3.05) is 39.2 Å².